The van der Waals surface area contributed by atoms with Gasteiger partial charge in [-0.05, 0) is 55.2 Å². The van der Waals surface area contributed by atoms with E-state index in [2.05, 4.69) is 29.3 Å². The normalized spacial score (nSPS) is 11.2. The molecule has 0 amide bonds. The SMILES string of the molecule is CCCc1ccc2nn(-c3cc(C)cc(C)c3O)nc2c1. The molecule has 4 nitrogen and oxygen atoms in total. The van der Waals surface area contributed by atoms with Gasteiger partial charge in [0.2, 0.25) is 0 Å². The lowest BCUT2D eigenvalue weighted by molar-refractivity contribution is 0.463. The molecule has 21 heavy (non-hydrogen) atoms. The highest BCUT2D eigenvalue weighted by Crippen LogP contribution is 2.27. The van der Waals surface area contributed by atoms with Crippen LogP contribution < -0.4 is 0 Å². The van der Waals surface area contributed by atoms with Crippen LogP contribution in [0.15, 0.2) is 30.3 Å². The van der Waals surface area contributed by atoms with E-state index in [9.17, 15) is 5.11 Å². The first-order chi connectivity index (χ1) is 10.1. The van der Waals surface area contributed by atoms with Crippen molar-refractivity contribution in [3.63, 3.8) is 0 Å². The lowest BCUT2D eigenvalue weighted by atomic mass is 10.1. The molecule has 0 atom stereocenters. The summed E-state index contributed by atoms with van der Waals surface area (Å²) in [6.45, 7) is 6.04. The van der Waals surface area contributed by atoms with Crippen LogP contribution in [-0.2, 0) is 6.42 Å². The molecule has 0 aliphatic rings. The molecule has 108 valence electrons. The Balaban J connectivity index is 2.13. The van der Waals surface area contributed by atoms with Crippen LogP contribution in [0.4, 0.5) is 0 Å². The molecule has 0 bridgehead atoms. The highest BCUT2D eigenvalue weighted by atomic mass is 16.3. The van der Waals surface area contributed by atoms with Crippen molar-refractivity contribution in [1.82, 2.24) is 15.0 Å². The zero-order valence-electron chi connectivity index (χ0n) is 12.6. The molecule has 0 saturated carbocycles. The Kier molecular flexibility index (Phi) is 3.37. The molecule has 0 unspecified atom stereocenters. The number of hydrogen-bond acceptors (Lipinski definition) is 3. The summed E-state index contributed by atoms with van der Waals surface area (Å²) in [5, 5.41) is 19.2. The van der Waals surface area contributed by atoms with Gasteiger partial charge >= 0.3 is 0 Å². The summed E-state index contributed by atoms with van der Waals surface area (Å²) >= 11 is 0. The van der Waals surface area contributed by atoms with E-state index in [4.69, 9.17) is 0 Å². The van der Waals surface area contributed by atoms with E-state index in [1.165, 1.54) is 10.4 Å². The molecule has 0 spiro atoms. The molecular weight excluding hydrogens is 262 g/mol. The van der Waals surface area contributed by atoms with Crippen molar-refractivity contribution in [2.75, 3.05) is 0 Å². The molecule has 0 radical (unpaired) electrons. The predicted molar refractivity (Wildman–Crippen MR) is 84.0 cm³/mol. The fourth-order valence-corrected chi connectivity index (χ4v) is 2.60. The number of nitrogens with zero attached hydrogens (tertiary/aromatic N) is 3. The smallest absolute Gasteiger partial charge is 0.146 e. The van der Waals surface area contributed by atoms with Gasteiger partial charge in [-0.15, -0.1) is 15.0 Å². The molecule has 0 aliphatic carbocycles. The van der Waals surface area contributed by atoms with E-state index in [0.717, 1.165) is 35.0 Å². The minimum atomic E-state index is 0.231. The average molecular weight is 281 g/mol. The summed E-state index contributed by atoms with van der Waals surface area (Å²) in [6.07, 6.45) is 2.15. The highest BCUT2D eigenvalue weighted by Gasteiger charge is 2.11. The number of fused-ring (bicyclic) bond motifs is 1. The number of aryl methyl sites for hydroxylation is 3. The third kappa shape index (κ3) is 2.49. The van der Waals surface area contributed by atoms with Crippen LogP contribution in [-0.4, -0.2) is 20.1 Å². The zero-order chi connectivity index (χ0) is 15.0. The second-order valence-electron chi connectivity index (χ2n) is 5.51. The molecule has 0 saturated heterocycles. The molecule has 0 fully saturated rings. The summed E-state index contributed by atoms with van der Waals surface area (Å²) in [6, 6.07) is 9.99. The predicted octanol–water partition coefficient (Wildman–Crippen LogP) is 3.70. The largest absolute Gasteiger partial charge is 0.505 e. The number of phenolic OH excluding ortho intramolecular Hbond substituents is 1. The second-order valence-corrected chi connectivity index (χ2v) is 5.51. The van der Waals surface area contributed by atoms with Crippen LogP contribution in [0.2, 0.25) is 0 Å². The monoisotopic (exact) mass is 281 g/mol. The Bertz CT molecular complexity index is 805. The topological polar surface area (TPSA) is 50.9 Å². The minimum absolute atomic E-state index is 0.231. The van der Waals surface area contributed by atoms with Crippen molar-refractivity contribution in [3.8, 4) is 11.4 Å². The van der Waals surface area contributed by atoms with E-state index in [1.807, 2.05) is 32.0 Å². The Hall–Kier alpha value is -2.36. The molecule has 1 N–H and O–H groups in total. The molecular formula is C17H19N3O. The van der Waals surface area contributed by atoms with Crippen LogP contribution in [0.1, 0.15) is 30.0 Å². The Morgan fingerprint density at radius 1 is 1.05 bits per heavy atom. The van der Waals surface area contributed by atoms with Crippen molar-refractivity contribution < 1.29 is 5.11 Å². The maximum atomic E-state index is 10.2. The molecule has 3 rings (SSSR count). The zero-order valence-corrected chi connectivity index (χ0v) is 12.6. The molecule has 1 aromatic heterocycles. The number of hydrogen-bond donors (Lipinski definition) is 1. The van der Waals surface area contributed by atoms with Crippen molar-refractivity contribution in [2.45, 2.75) is 33.6 Å². The minimum Gasteiger partial charge on any atom is -0.505 e. The first-order valence-electron chi connectivity index (χ1n) is 7.25. The lowest BCUT2D eigenvalue weighted by Crippen LogP contribution is -2.00. The number of rotatable bonds is 3. The quantitative estimate of drug-likeness (QED) is 0.796. The van der Waals surface area contributed by atoms with Gasteiger partial charge in [-0.3, -0.25) is 0 Å². The maximum Gasteiger partial charge on any atom is 0.146 e. The van der Waals surface area contributed by atoms with Crippen molar-refractivity contribution in [1.29, 1.82) is 0 Å². The van der Waals surface area contributed by atoms with E-state index in [1.54, 1.807) is 0 Å². The van der Waals surface area contributed by atoms with Crippen LogP contribution in [0.3, 0.4) is 0 Å². The third-order valence-electron chi connectivity index (χ3n) is 3.62. The van der Waals surface area contributed by atoms with Crippen LogP contribution in [0, 0.1) is 13.8 Å². The van der Waals surface area contributed by atoms with Crippen LogP contribution in [0.5, 0.6) is 5.75 Å². The van der Waals surface area contributed by atoms with Gasteiger partial charge in [0, 0.05) is 0 Å². The number of aromatic nitrogens is 3. The van der Waals surface area contributed by atoms with Gasteiger partial charge in [0.25, 0.3) is 0 Å². The van der Waals surface area contributed by atoms with Crippen molar-refractivity contribution in [2.24, 2.45) is 0 Å². The summed E-state index contributed by atoms with van der Waals surface area (Å²) in [4.78, 5) is 1.52. The van der Waals surface area contributed by atoms with Gasteiger partial charge in [0.1, 0.15) is 22.5 Å². The first kappa shape index (κ1) is 13.6. The van der Waals surface area contributed by atoms with Gasteiger partial charge in [-0.2, -0.15) is 0 Å². The Morgan fingerprint density at radius 2 is 1.81 bits per heavy atom. The first-order valence-corrected chi connectivity index (χ1v) is 7.25. The lowest BCUT2D eigenvalue weighted by Gasteiger charge is -2.07. The Labute approximate surface area is 124 Å². The van der Waals surface area contributed by atoms with Crippen molar-refractivity contribution in [3.05, 3.63) is 47.0 Å². The van der Waals surface area contributed by atoms with Crippen LogP contribution in [0.25, 0.3) is 16.7 Å². The van der Waals surface area contributed by atoms with Gasteiger partial charge in [0.05, 0.1) is 0 Å². The standard InChI is InChI=1S/C17H19N3O/c1-4-5-13-6-7-14-15(10-13)19-20(18-14)16-9-11(2)8-12(3)17(16)21/h6-10,21H,4-5H2,1-3H3. The maximum absolute atomic E-state index is 10.2. The molecule has 2 aromatic carbocycles. The summed E-state index contributed by atoms with van der Waals surface area (Å²) in [7, 11) is 0. The molecule has 4 heteroatoms. The van der Waals surface area contributed by atoms with Crippen LogP contribution >= 0.6 is 0 Å². The fourth-order valence-electron chi connectivity index (χ4n) is 2.60. The summed E-state index contributed by atoms with van der Waals surface area (Å²) in [5.74, 6) is 0.231. The second kappa shape index (κ2) is 5.20. The number of phenols is 1. The van der Waals surface area contributed by atoms with Gasteiger partial charge in [-0.1, -0.05) is 25.5 Å². The molecule has 3 aromatic rings. The third-order valence-corrected chi connectivity index (χ3v) is 3.62. The number of benzene rings is 2. The summed E-state index contributed by atoms with van der Waals surface area (Å²) < 4.78 is 0. The average Bonchev–Trinajstić information content (AvgIpc) is 2.86. The van der Waals surface area contributed by atoms with E-state index < -0.39 is 0 Å². The van der Waals surface area contributed by atoms with Gasteiger partial charge in [-0.25, -0.2) is 0 Å². The van der Waals surface area contributed by atoms with E-state index in [0.29, 0.717) is 5.69 Å². The Morgan fingerprint density at radius 3 is 2.57 bits per heavy atom. The number of aromatic hydroxyl groups is 1. The molecule has 1 heterocycles. The highest BCUT2D eigenvalue weighted by molar-refractivity contribution is 5.75. The van der Waals surface area contributed by atoms with E-state index >= 15 is 0 Å². The molecule has 0 aliphatic heterocycles. The van der Waals surface area contributed by atoms with Crippen molar-refractivity contribution >= 4 is 11.0 Å². The fraction of sp³-hybridized carbons (Fsp3) is 0.294. The van der Waals surface area contributed by atoms with Gasteiger partial charge < -0.3 is 5.11 Å². The van der Waals surface area contributed by atoms with E-state index in [-0.39, 0.29) is 5.75 Å². The van der Waals surface area contributed by atoms with Gasteiger partial charge in [0.15, 0.2) is 0 Å². The summed E-state index contributed by atoms with van der Waals surface area (Å²) in [5.41, 5.74) is 5.50.